The van der Waals surface area contributed by atoms with E-state index in [4.69, 9.17) is 8.83 Å². The summed E-state index contributed by atoms with van der Waals surface area (Å²) < 4.78 is 11.1. The highest BCUT2D eigenvalue weighted by atomic mass is 16.4. The molecule has 20 heavy (non-hydrogen) atoms. The normalized spacial score (nSPS) is 32.6. The van der Waals surface area contributed by atoms with Gasteiger partial charge in [-0.25, -0.2) is 0 Å². The average Bonchev–Trinajstić information content (AvgIpc) is 3.12. The molecular weight excluding hydrogens is 256 g/mol. The summed E-state index contributed by atoms with van der Waals surface area (Å²) in [6.45, 7) is 4.13. The van der Waals surface area contributed by atoms with Crippen molar-refractivity contribution in [3.05, 3.63) is 48.3 Å². The van der Waals surface area contributed by atoms with E-state index >= 15 is 0 Å². The highest BCUT2D eigenvalue weighted by Crippen LogP contribution is 2.33. The largest absolute Gasteiger partial charge is 0.463 e. The molecular formula is C15H19N2O3+. The number of nitrogens with zero attached hydrogens (tertiary/aromatic N) is 1. The molecule has 0 spiro atoms. The van der Waals surface area contributed by atoms with Crippen molar-refractivity contribution in [2.75, 3.05) is 0 Å². The number of piperidine rings is 1. The van der Waals surface area contributed by atoms with Crippen LogP contribution >= 0.6 is 0 Å². The Hall–Kier alpha value is -2.01. The van der Waals surface area contributed by atoms with Gasteiger partial charge in [-0.3, -0.25) is 0 Å². The smallest absolute Gasteiger partial charge is 0.161 e. The number of rotatable bonds is 2. The molecule has 0 aliphatic carbocycles. The second kappa shape index (κ2) is 5.17. The zero-order valence-electron chi connectivity index (χ0n) is 11.6. The number of furan rings is 2. The molecule has 0 bridgehead atoms. The third-order valence-electron chi connectivity index (χ3n) is 4.28. The lowest BCUT2D eigenvalue weighted by Gasteiger charge is -2.35. The highest BCUT2D eigenvalue weighted by Gasteiger charge is 2.45. The summed E-state index contributed by atoms with van der Waals surface area (Å²) in [7, 11) is 0. The summed E-state index contributed by atoms with van der Waals surface area (Å²) >= 11 is 0. The third kappa shape index (κ3) is 2.04. The molecule has 4 atom stereocenters. The molecule has 1 aliphatic heterocycles. The Bertz CT molecular complexity index is 526. The lowest BCUT2D eigenvalue weighted by molar-refractivity contribution is -0.750. The van der Waals surface area contributed by atoms with Crippen LogP contribution < -0.4 is 5.32 Å². The van der Waals surface area contributed by atoms with Gasteiger partial charge in [0.05, 0.1) is 30.1 Å². The van der Waals surface area contributed by atoms with Crippen LogP contribution in [-0.2, 0) is 0 Å². The van der Waals surface area contributed by atoms with E-state index in [0.717, 1.165) is 17.2 Å². The van der Waals surface area contributed by atoms with E-state index in [9.17, 15) is 5.21 Å². The molecule has 0 unspecified atom stereocenters. The Kier molecular flexibility index (Phi) is 3.36. The first-order valence-electron chi connectivity index (χ1n) is 6.86. The second-order valence-electron chi connectivity index (χ2n) is 5.38. The molecule has 0 saturated carbocycles. The molecule has 3 heterocycles. The molecule has 1 aliphatic rings. The lowest BCUT2D eigenvalue weighted by Crippen LogP contribution is -2.91. The highest BCUT2D eigenvalue weighted by molar-refractivity contribution is 5.89. The van der Waals surface area contributed by atoms with Crippen LogP contribution in [0.1, 0.15) is 37.5 Å². The van der Waals surface area contributed by atoms with Crippen LogP contribution in [0.3, 0.4) is 0 Å². The summed E-state index contributed by atoms with van der Waals surface area (Å²) in [6.07, 6.45) is 3.34. The van der Waals surface area contributed by atoms with Crippen molar-refractivity contribution in [2.24, 2.45) is 17.0 Å². The Morgan fingerprint density at radius 3 is 1.85 bits per heavy atom. The van der Waals surface area contributed by atoms with E-state index in [0.29, 0.717) is 0 Å². The van der Waals surface area contributed by atoms with Gasteiger partial charge in [0, 0.05) is 0 Å². The van der Waals surface area contributed by atoms with Crippen molar-refractivity contribution >= 4 is 5.71 Å². The number of quaternary nitrogens is 1. The SMILES string of the molecule is C[C@@H]1C(=NO)[C@H](C)[C@@H](c2ccco2)[NH2+][C@@H]1c1ccco1. The maximum absolute atomic E-state index is 9.38. The lowest BCUT2D eigenvalue weighted by atomic mass is 9.78. The quantitative estimate of drug-likeness (QED) is 0.652. The molecule has 5 nitrogen and oxygen atoms in total. The minimum Gasteiger partial charge on any atom is -0.463 e. The molecule has 1 saturated heterocycles. The number of oxime groups is 1. The number of nitrogens with two attached hydrogens (primary N) is 1. The summed E-state index contributed by atoms with van der Waals surface area (Å²) in [5.41, 5.74) is 0.787. The molecule has 2 aromatic rings. The van der Waals surface area contributed by atoms with E-state index in [1.165, 1.54) is 0 Å². The van der Waals surface area contributed by atoms with Gasteiger partial charge in [-0.15, -0.1) is 0 Å². The average molecular weight is 275 g/mol. The van der Waals surface area contributed by atoms with E-state index in [1.54, 1.807) is 12.5 Å². The Morgan fingerprint density at radius 2 is 1.50 bits per heavy atom. The number of hydrogen-bond donors (Lipinski definition) is 2. The van der Waals surface area contributed by atoms with Crippen molar-refractivity contribution in [1.82, 2.24) is 0 Å². The van der Waals surface area contributed by atoms with Gasteiger partial charge in [-0.1, -0.05) is 19.0 Å². The fourth-order valence-electron chi connectivity index (χ4n) is 3.17. The van der Waals surface area contributed by atoms with Gasteiger partial charge in [0.1, 0.15) is 0 Å². The third-order valence-corrected chi connectivity index (χ3v) is 4.28. The molecule has 2 aromatic heterocycles. The number of hydrogen-bond acceptors (Lipinski definition) is 4. The van der Waals surface area contributed by atoms with Crippen molar-refractivity contribution in [2.45, 2.75) is 25.9 Å². The van der Waals surface area contributed by atoms with Crippen LogP contribution in [0.5, 0.6) is 0 Å². The monoisotopic (exact) mass is 275 g/mol. The fourth-order valence-corrected chi connectivity index (χ4v) is 3.17. The molecule has 0 amide bonds. The summed E-state index contributed by atoms with van der Waals surface area (Å²) in [6, 6.07) is 7.85. The van der Waals surface area contributed by atoms with Crippen LogP contribution in [-0.4, -0.2) is 10.9 Å². The molecule has 5 heteroatoms. The zero-order valence-corrected chi connectivity index (χ0v) is 11.6. The standard InChI is InChI=1S/C15H18N2O3/c1-9-13(17-18)10(2)15(12-6-4-8-20-12)16-14(9)11-5-3-7-19-11/h3-10,14-16,18H,1-2H3/p+1/t9-,10+,14-,15-/m0/s1. The minimum absolute atomic E-state index is 0.0854. The maximum atomic E-state index is 9.38. The topological polar surface area (TPSA) is 75.5 Å². The Morgan fingerprint density at radius 1 is 1.00 bits per heavy atom. The first-order chi connectivity index (χ1) is 9.72. The van der Waals surface area contributed by atoms with Crippen molar-refractivity contribution < 1.29 is 19.4 Å². The van der Waals surface area contributed by atoms with Crippen LogP contribution in [0.25, 0.3) is 0 Å². The van der Waals surface area contributed by atoms with Gasteiger partial charge < -0.3 is 19.4 Å². The predicted octanol–water partition coefficient (Wildman–Crippen LogP) is 2.33. The van der Waals surface area contributed by atoms with Crippen LogP contribution in [0.4, 0.5) is 0 Å². The van der Waals surface area contributed by atoms with Gasteiger partial charge in [0.2, 0.25) is 0 Å². The summed E-state index contributed by atoms with van der Waals surface area (Å²) in [5, 5.41) is 15.2. The second-order valence-corrected chi connectivity index (χ2v) is 5.38. The molecule has 1 fully saturated rings. The van der Waals surface area contributed by atoms with Gasteiger partial charge >= 0.3 is 0 Å². The van der Waals surface area contributed by atoms with Gasteiger partial charge in [-0.05, 0) is 24.3 Å². The van der Waals surface area contributed by atoms with E-state index in [2.05, 4.69) is 24.3 Å². The fraction of sp³-hybridized carbons (Fsp3) is 0.400. The van der Waals surface area contributed by atoms with Crippen molar-refractivity contribution in [3.8, 4) is 0 Å². The molecule has 0 radical (unpaired) electrons. The van der Waals surface area contributed by atoms with E-state index in [-0.39, 0.29) is 23.9 Å². The molecule has 3 rings (SSSR count). The van der Waals surface area contributed by atoms with Gasteiger partial charge in [0.25, 0.3) is 0 Å². The van der Waals surface area contributed by atoms with Crippen molar-refractivity contribution in [3.63, 3.8) is 0 Å². The van der Waals surface area contributed by atoms with Gasteiger partial charge in [-0.2, -0.15) is 0 Å². The summed E-state index contributed by atoms with van der Waals surface area (Å²) in [5.74, 6) is 1.99. The molecule has 106 valence electrons. The molecule has 3 N–H and O–H groups in total. The Balaban J connectivity index is 1.97. The Labute approximate surface area is 117 Å². The molecule has 0 aromatic carbocycles. The maximum Gasteiger partial charge on any atom is 0.161 e. The minimum atomic E-state index is 0.0854. The van der Waals surface area contributed by atoms with Crippen LogP contribution in [0, 0.1) is 11.8 Å². The first kappa shape index (κ1) is 13.0. The van der Waals surface area contributed by atoms with E-state index in [1.807, 2.05) is 24.3 Å². The van der Waals surface area contributed by atoms with E-state index < -0.39 is 0 Å². The first-order valence-corrected chi connectivity index (χ1v) is 6.86. The summed E-state index contributed by atoms with van der Waals surface area (Å²) in [4.78, 5) is 0. The van der Waals surface area contributed by atoms with Gasteiger partial charge in [0.15, 0.2) is 23.6 Å². The zero-order chi connectivity index (χ0) is 14.1. The predicted molar refractivity (Wildman–Crippen MR) is 72.4 cm³/mol. The van der Waals surface area contributed by atoms with Crippen LogP contribution in [0.15, 0.2) is 50.8 Å². The van der Waals surface area contributed by atoms with Crippen LogP contribution in [0.2, 0.25) is 0 Å². The van der Waals surface area contributed by atoms with Crippen molar-refractivity contribution in [1.29, 1.82) is 0 Å².